The van der Waals surface area contributed by atoms with Gasteiger partial charge < -0.3 is 14.4 Å². The topological polar surface area (TPSA) is 45.6 Å². The van der Waals surface area contributed by atoms with Crippen molar-refractivity contribution in [3.63, 3.8) is 0 Å². The van der Waals surface area contributed by atoms with Crippen molar-refractivity contribution >= 4 is 11.8 Å². The summed E-state index contributed by atoms with van der Waals surface area (Å²) in [5.74, 6) is 0.214. The van der Waals surface area contributed by atoms with Crippen LogP contribution in [0.4, 0.5) is 0 Å². The van der Waals surface area contributed by atoms with Crippen molar-refractivity contribution in [1.29, 1.82) is 0 Å². The highest BCUT2D eigenvalue weighted by atomic mass is 16.2. The number of hydrogen-bond donors (Lipinski definition) is 0. The lowest BCUT2D eigenvalue weighted by atomic mass is 10.00. The molecule has 0 radical (unpaired) electrons. The van der Waals surface area contributed by atoms with E-state index < -0.39 is 0 Å². The summed E-state index contributed by atoms with van der Waals surface area (Å²) >= 11 is 0. The maximum Gasteiger partial charge on any atom is 0.254 e. The Morgan fingerprint density at radius 1 is 0.926 bits per heavy atom. The third-order valence-electron chi connectivity index (χ3n) is 5.46. The van der Waals surface area contributed by atoms with Gasteiger partial charge in [0.25, 0.3) is 5.91 Å². The average molecular weight is 367 g/mol. The van der Waals surface area contributed by atoms with Crippen LogP contribution in [0.15, 0.2) is 30.6 Å². The molecule has 5 nitrogen and oxygen atoms in total. The van der Waals surface area contributed by atoms with E-state index in [0.717, 1.165) is 28.7 Å². The van der Waals surface area contributed by atoms with E-state index in [4.69, 9.17) is 0 Å². The molecule has 0 saturated carbocycles. The Morgan fingerprint density at radius 3 is 2.30 bits per heavy atom. The van der Waals surface area contributed by atoms with Gasteiger partial charge in [0, 0.05) is 51.2 Å². The molecule has 0 N–H and O–H groups in total. The van der Waals surface area contributed by atoms with Crippen molar-refractivity contribution in [3.05, 3.63) is 58.4 Å². The Kier molecular flexibility index (Phi) is 5.68. The van der Waals surface area contributed by atoms with Gasteiger partial charge in [0.1, 0.15) is 0 Å². The number of rotatable bonds is 3. The summed E-state index contributed by atoms with van der Waals surface area (Å²) in [4.78, 5) is 29.4. The summed E-state index contributed by atoms with van der Waals surface area (Å²) in [6, 6.07) is 6.06. The number of carbonyl (C=O) groups is 2. The number of hydrogen-bond acceptors (Lipinski definition) is 2. The van der Waals surface area contributed by atoms with Crippen molar-refractivity contribution in [2.75, 3.05) is 26.2 Å². The molecule has 0 unspecified atom stereocenters. The van der Waals surface area contributed by atoms with E-state index in [1.807, 2.05) is 59.8 Å². The second-order valence-corrected chi connectivity index (χ2v) is 7.64. The molecule has 0 spiro atoms. The molecule has 0 atom stereocenters. The molecule has 144 valence electrons. The highest BCUT2D eigenvalue weighted by molar-refractivity contribution is 5.96. The van der Waals surface area contributed by atoms with E-state index in [0.29, 0.717) is 32.6 Å². The van der Waals surface area contributed by atoms with E-state index >= 15 is 0 Å². The first-order chi connectivity index (χ1) is 12.8. The van der Waals surface area contributed by atoms with Crippen LogP contribution in [0.5, 0.6) is 0 Å². The van der Waals surface area contributed by atoms with E-state index in [1.54, 1.807) is 0 Å². The van der Waals surface area contributed by atoms with E-state index in [1.165, 1.54) is 5.56 Å². The van der Waals surface area contributed by atoms with Gasteiger partial charge >= 0.3 is 0 Å². The third kappa shape index (κ3) is 4.41. The molecule has 1 aromatic heterocycles. The summed E-state index contributed by atoms with van der Waals surface area (Å²) in [6.45, 7) is 8.69. The number of aromatic nitrogens is 1. The van der Waals surface area contributed by atoms with E-state index in [2.05, 4.69) is 13.0 Å². The van der Waals surface area contributed by atoms with Crippen LogP contribution in [-0.4, -0.2) is 52.4 Å². The third-order valence-corrected chi connectivity index (χ3v) is 5.46. The first-order valence-corrected chi connectivity index (χ1v) is 9.61. The van der Waals surface area contributed by atoms with Gasteiger partial charge in [-0.3, -0.25) is 9.59 Å². The fourth-order valence-electron chi connectivity index (χ4n) is 3.68. The molecule has 1 saturated heterocycles. The molecule has 5 heteroatoms. The van der Waals surface area contributed by atoms with Crippen LogP contribution >= 0.6 is 0 Å². The van der Waals surface area contributed by atoms with Crippen molar-refractivity contribution in [2.24, 2.45) is 7.05 Å². The lowest BCUT2D eigenvalue weighted by Crippen LogP contribution is -2.38. The molecule has 3 rings (SSSR count). The number of carbonyl (C=O) groups excluding carboxylic acids is 2. The summed E-state index contributed by atoms with van der Waals surface area (Å²) in [6.07, 6.45) is 5.17. The van der Waals surface area contributed by atoms with Crippen molar-refractivity contribution in [1.82, 2.24) is 14.4 Å². The Labute approximate surface area is 161 Å². The minimum absolute atomic E-state index is 0.0768. The molecular formula is C22H29N3O2. The Bertz CT molecular complexity index is 853. The molecule has 2 aromatic rings. The highest BCUT2D eigenvalue weighted by Crippen LogP contribution is 2.18. The minimum Gasteiger partial charge on any atom is -0.357 e. The van der Waals surface area contributed by atoms with Crippen LogP contribution in [0.1, 0.15) is 39.0 Å². The monoisotopic (exact) mass is 367 g/mol. The fraction of sp³-hybridized carbons (Fsp3) is 0.455. The number of amides is 2. The zero-order chi connectivity index (χ0) is 19.6. The van der Waals surface area contributed by atoms with Gasteiger partial charge in [-0.2, -0.15) is 0 Å². The standard InChI is InChI=1S/C22H29N3O2/c1-16-12-18(3)20(13-17(16)2)22(27)25-8-5-7-24(10-11-25)21(26)14-19-6-9-23(4)15-19/h6,9,12-13,15H,5,7-8,10-11,14H2,1-4H3. The number of nitrogens with zero attached hydrogens (tertiary/aromatic N) is 3. The van der Waals surface area contributed by atoms with Crippen LogP contribution in [0.25, 0.3) is 0 Å². The first-order valence-electron chi connectivity index (χ1n) is 9.61. The van der Waals surface area contributed by atoms with Crippen LogP contribution in [0.3, 0.4) is 0 Å². The van der Waals surface area contributed by atoms with Crippen molar-refractivity contribution < 1.29 is 9.59 Å². The molecule has 1 aliphatic heterocycles. The Balaban J connectivity index is 1.65. The van der Waals surface area contributed by atoms with Gasteiger partial charge in [-0.1, -0.05) is 6.07 Å². The van der Waals surface area contributed by atoms with Crippen LogP contribution in [-0.2, 0) is 18.3 Å². The lowest BCUT2D eigenvalue weighted by molar-refractivity contribution is -0.130. The molecule has 1 aliphatic rings. The Hall–Kier alpha value is -2.56. The maximum absolute atomic E-state index is 13.0. The predicted octanol–water partition coefficient (Wildman–Crippen LogP) is 2.87. The van der Waals surface area contributed by atoms with Gasteiger partial charge in [0.15, 0.2) is 0 Å². The van der Waals surface area contributed by atoms with E-state index in [9.17, 15) is 9.59 Å². The molecule has 2 heterocycles. The summed E-state index contributed by atoms with van der Waals surface area (Å²) < 4.78 is 1.96. The van der Waals surface area contributed by atoms with Gasteiger partial charge in [0.05, 0.1) is 6.42 Å². The SMILES string of the molecule is Cc1cc(C)c(C(=O)N2CCCN(C(=O)Cc3ccn(C)c3)CC2)cc1C. The second kappa shape index (κ2) is 7.99. The quantitative estimate of drug-likeness (QED) is 0.837. The predicted molar refractivity (Wildman–Crippen MR) is 107 cm³/mol. The summed E-state index contributed by atoms with van der Waals surface area (Å²) in [7, 11) is 1.96. The molecule has 1 aromatic carbocycles. The molecule has 27 heavy (non-hydrogen) atoms. The number of benzene rings is 1. The largest absolute Gasteiger partial charge is 0.357 e. The minimum atomic E-state index is 0.0768. The van der Waals surface area contributed by atoms with Gasteiger partial charge in [0.2, 0.25) is 5.91 Å². The molecule has 0 bridgehead atoms. The van der Waals surface area contributed by atoms with Crippen LogP contribution < -0.4 is 0 Å². The zero-order valence-electron chi connectivity index (χ0n) is 16.8. The highest BCUT2D eigenvalue weighted by Gasteiger charge is 2.24. The summed E-state index contributed by atoms with van der Waals surface area (Å²) in [5.41, 5.74) is 5.17. The smallest absolute Gasteiger partial charge is 0.254 e. The second-order valence-electron chi connectivity index (χ2n) is 7.64. The van der Waals surface area contributed by atoms with E-state index in [-0.39, 0.29) is 11.8 Å². The maximum atomic E-state index is 13.0. The van der Waals surface area contributed by atoms with Gasteiger partial charge in [-0.15, -0.1) is 0 Å². The zero-order valence-corrected chi connectivity index (χ0v) is 16.8. The summed E-state index contributed by atoms with van der Waals surface area (Å²) in [5, 5.41) is 0. The molecular weight excluding hydrogens is 338 g/mol. The molecule has 1 fully saturated rings. The Morgan fingerprint density at radius 2 is 1.59 bits per heavy atom. The molecule has 0 aliphatic carbocycles. The molecule has 2 amide bonds. The van der Waals surface area contributed by atoms with Crippen LogP contribution in [0, 0.1) is 20.8 Å². The van der Waals surface area contributed by atoms with Crippen LogP contribution in [0.2, 0.25) is 0 Å². The van der Waals surface area contributed by atoms with Crippen molar-refractivity contribution in [3.8, 4) is 0 Å². The van der Waals surface area contributed by atoms with Gasteiger partial charge in [-0.05, 0) is 61.6 Å². The number of aryl methyl sites for hydroxylation is 4. The fourth-order valence-corrected chi connectivity index (χ4v) is 3.68. The average Bonchev–Trinajstić information content (AvgIpc) is 2.88. The lowest BCUT2D eigenvalue weighted by Gasteiger charge is -2.23. The van der Waals surface area contributed by atoms with Gasteiger partial charge in [-0.25, -0.2) is 0 Å². The first kappa shape index (κ1) is 19.2. The normalized spacial score (nSPS) is 15.0. The van der Waals surface area contributed by atoms with Crippen molar-refractivity contribution in [2.45, 2.75) is 33.6 Å².